The largest absolute Gasteiger partial charge is 0.349 e. The zero-order chi connectivity index (χ0) is 10.6. The molecule has 14 heavy (non-hydrogen) atoms. The molecule has 0 aliphatic rings. The maximum Gasteiger partial charge on any atom is 0.293 e. The molecule has 0 bridgehead atoms. The molecule has 1 heterocycles. The van der Waals surface area contributed by atoms with Crippen LogP contribution in [0.15, 0.2) is 15.9 Å². The van der Waals surface area contributed by atoms with Crippen LogP contribution in [0, 0.1) is 0 Å². The van der Waals surface area contributed by atoms with Gasteiger partial charge in [-0.15, -0.1) is 11.3 Å². The van der Waals surface area contributed by atoms with Crippen molar-refractivity contribution in [1.82, 2.24) is 5.32 Å². The first-order valence-corrected chi connectivity index (χ1v) is 5.84. The summed E-state index contributed by atoms with van der Waals surface area (Å²) in [5.41, 5.74) is 0. The molecule has 0 atom stereocenters. The fourth-order valence-electron chi connectivity index (χ4n) is 0.867. The van der Waals surface area contributed by atoms with Gasteiger partial charge >= 0.3 is 0 Å². The third-order valence-electron chi connectivity index (χ3n) is 1.54. The highest BCUT2D eigenvalue weighted by molar-refractivity contribution is 9.11. The van der Waals surface area contributed by atoms with Crippen molar-refractivity contribution in [2.24, 2.45) is 0 Å². The minimum Gasteiger partial charge on any atom is -0.349 e. The average Bonchev–Trinajstić information content (AvgIpc) is 2.60. The number of thiophene rings is 1. The van der Waals surface area contributed by atoms with Crippen LogP contribution in [0.5, 0.6) is 0 Å². The summed E-state index contributed by atoms with van der Waals surface area (Å²) in [6.07, 6.45) is 0.827. The normalized spacial score (nSPS) is 9.86. The van der Waals surface area contributed by atoms with Gasteiger partial charge in [-0.05, 0) is 34.5 Å². The second-order valence-corrected chi connectivity index (χ2v) is 5.15. The number of Topliss-reactive ketones (excluding diaryl/α,β-unsaturated/α-hetero) is 1. The van der Waals surface area contributed by atoms with Crippen LogP contribution in [-0.4, -0.2) is 18.2 Å². The highest BCUT2D eigenvalue weighted by Crippen LogP contribution is 2.22. The van der Waals surface area contributed by atoms with Crippen molar-refractivity contribution in [3.63, 3.8) is 0 Å². The second kappa shape index (κ2) is 5.26. The first-order chi connectivity index (χ1) is 6.65. The predicted molar refractivity (Wildman–Crippen MR) is 59.7 cm³/mol. The number of rotatable bonds is 4. The second-order valence-electron chi connectivity index (χ2n) is 2.69. The number of halogens is 1. The van der Waals surface area contributed by atoms with Gasteiger partial charge in [-0.1, -0.05) is 6.92 Å². The number of hydrogen-bond donors (Lipinski definition) is 1. The van der Waals surface area contributed by atoms with E-state index in [0.29, 0.717) is 11.4 Å². The van der Waals surface area contributed by atoms with Gasteiger partial charge in [0.05, 0.1) is 8.66 Å². The Morgan fingerprint density at radius 3 is 2.71 bits per heavy atom. The molecule has 0 aromatic carbocycles. The van der Waals surface area contributed by atoms with Crippen LogP contribution in [0.25, 0.3) is 0 Å². The number of hydrogen-bond acceptors (Lipinski definition) is 3. The Labute approximate surface area is 94.6 Å². The van der Waals surface area contributed by atoms with E-state index in [4.69, 9.17) is 0 Å². The summed E-state index contributed by atoms with van der Waals surface area (Å²) in [6.45, 7) is 2.48. The third-order valence-corrected chi connectivity index (χ3v) is 3.16. The quantitative estimate of drug-likeness (QED) is 0.677. The molecule has 76 valence electrons. The Bertz CT molecular complexity index is 348. The molecular weight excluding hydrogens is 266 g/mol. The van der Waals surface area contributed by atoms with Crippen LogP contribution in [0.1, 0.15) is 23.0 Å². The summed E-state index contributed by atoms with van der Waals surface area (Å²) in [6, 6.07) is 3.40. The van der Waals surface area contributed by atoms with Crippen LogP contribution >= 0.6 is 27.3 Å². The first-order valence-electron chi connectivity index (χ1n) is 4.23. The number of carbonyl (C=O) groups is 2. The Hall–Kier alpha value is -0.680. The molecule has 0 spiro atoms. The zero-order valence-electron chi connectivity index (χ0n) is 7.67. The van der Waals surface area contributed by atoms with Crippen LogP contribution in [0.3, 0.4) is 0 Å². The van der Waals surface area contributed by atoms with Crippen LogP contribution < -0.4 is 5.32 Å². The standard InChI is InChI=1S/C9H10BrNO2S/c1-2-5-11-9(13)8(12)6-3-4-7(10)14-6/h3-4H,2,5H2,1H3,(H,11,13). The molecule has 0 aliphatic heterocycles. The SMILES string of the molecule is CCCNC(=O)C(=O)c1ccc(Br)s1. The zero-order valence-corrected chi connectivity index (χ0v) is 10.1. The lowest BCUT2D eigenvalue weighted by Crippen LogP contribution is -2.31. The van der Waals surface area contributed by atoms with Gasteiger partial charge in [0, 0.05) is 6.54 Å². The molecule has 0 unspecified atom stereocenters. The van der Waals surface area contributed by atoms with E-state index in [2.05, 4.69) is 21.2 Å². The van der Waals surface area contributed by atoms with E-state index < -0.39 is 11.7 Å². The third kappa shape index (κ3) is 2.92. The smallest absolute Gasteiger partial charge is 0.293 e. The predicted octanol–water partition coefficient (Wildman–Crippen LogP) is 2.22. The lowest BCUT2D eigenvalue weighted by atomic mass is 10.3. The van der Waals surface area contributed by atoms with Crippen LogP contribution in [-0.2, 0) is 4.79 Å². The van der Waals surface area contributed by atoms with Gasteiger partial charge < -0.3 is 5.32 Å². The topological polar surface area (TPSA) is 46.2 Å². The molecule has 1 rings (SSSR count). The summed E-state index contributed by atoms with van der Waals surface area (Å²) in [5, 5.41) is 2.54. The van der Waals surface area contributed by atoms with Gasteiger partial charge in [-0.3, -0.25) is 9.59 Å². The Kier molecular flexibility index (Phi) is 4.28. The van der Waals surface area contributed by atoms with Crippen LogP contribution in [0.4, 0.5) is 0 Å². The molecule has 0 fully saturated rings. The minimum atomic E-state index is -0.527. The van der Waals surface area contributed by atoms with Crippen molar-refractivity contribution in [1.29, 1.82) is 0 Å². The van der Waals surface area contributed by atoms with E-state index in [1.54, 1.807) is 12.1 Å². The maximum absolute atomic E-state index is 11.4. The summed E-state index contributed by atoms with van der Waals surface area (Å²) in [4.78, 5) is 23.1. The Morgan fingerprint density at radius 1 is 1.50 bits per heavy atom. The van der Waals surface area contributed by atoms with Gasteiger partial charge in [-0.2, -0.15) is 0 Å². The Balaban J connectivity index is 2.61. The van der Waals surface area contributed by atoms with Crippen molar-refractivity contribution in [3.05, 3.63) is 20.8 Å². The van der Waals surface area contributed by atoms with Crippen molar-refractivity contribution >= 4 is 39.0 Å². The minimum absolute atomic E-state index is 0.463. The average molecular weight is 276 g/mol. The van der Waals surface area contributed by atoms with Crippen molar-refractivity contribution in [2.75, 3.05) is 6.54 Å². The summed E-state index contributed by atoms with van der Waals surface area (Å²) >= 11 is 4.50. The lowest BCUT2D eigenvalue weighted by molar-refractivity contribution is -0.116. The molecule has 5 heteroatoms. The number of carbonyl (C=O) groups excluding carboxylic acids is 2. The van der Waals surface area contributed by atoms with Gasteiger partial charge in [0.15, 0.2) is 0 Å². The van der Waals surface area contributed by atoms with Gasteiger partial charge in [-0.25, -0.2) is 0 Å². The fraction of sp³-hybridized carbons (Fsp3) is 0.333. The van der Waals surface area contributed by atoms with Crippen molar-refractivity contribution in [2.45, 2.75) is 13.3 Å². The summed E-state index contributed by atoms with van der Waals surface area (Å²) < 4.78 is 0.851. The first kappa shape index (κ1) is 11.4. The van der Waals surface area contributed by atoms with E-state index in [9.17, 15) is 9.59 Å². The maximum atomic E-state index is 11.4. The summed E-state index contributed by atoms with van der Waals surface area (Å²) in [7, 11) is 0. The molecule has 0 radical (unpaired) electrons. The number of ketones is 1. The summed E-state index contributed by atoms with van der Waals surface area (Å²) in [5.74, 6) is -0.990. The van der Waals surface area contributed by atoms with Gasteiger partial charge in [0.25, 0.3) is 11.7 Å². The van der Waals surface area contributed by atoms with E-state index in [-0.39, 0.29) is 0 Å². The molecule has 3 nitrogen and oxygen atoms in total. The molecule has 1 aromatic heterocycles. The van der Waals surface area contributed by atoms with Crippen molar-refractivity contribution in [3.8, 4) is 0 Å². The molecule has 1 aromatic rings. The van der Waals surface area contributed by atoms with Gasteiger partial charge in [0.1, 0.15) is 0 Å². The lowest BCUT2D eigenvalue weighted by Gasteiger charge is -1.99. The molecule has 0 aliphatic carbocycles. The highest BCUT2D eigenvalue weighted by atomic mass is 79.9. The number of amides is 1. The molecular formula is C9H10BrNO2S. The number of nitrogens with one attached hydrogen (secondary N) is 1. The Morgan fingerprint density at radius 2 is 2.21 bits per heavy atom. The monoisotopic (exact) mass is 275 g/mol. The molecule has 0 saturated carbocycles. The molecule has 1 N–H and O–H groups in total. The fourth-order valence-corrected chi connectivity index (χ4v) is 2.19. The van der Waals surface area contributed by atoms with E-state index >= 15 is 0 Å². The van der Waals surface area contributed by atoms with Crippen molar-refractivity contribution < 1.29 is 9.59 Å². The molecule has 1 amide bonds. The van der Waals surface area contributed by atoms with E-state index in [1.807, 2.05) is 6.92 Å². The highest BCUT2D eigenvalue weighted by Gasteiger charge is 2.16. The van der Waals surface area contributed by atoms with Gasteiger partial charge in [0.2, 0.25) is 0 Å². The van der Waals surface area contributed by atoms with E-state index in [1.165, 1.54) is 11.3 Å². The van der Waals surface area contributed by atoms with E-state index in [0.717, 1.165) is 10.2 Å². The van der Waals surface area contributed by atoms with Crippen LogP contribution in [0.2, 0.25) is 0 Å². The molecule has 0 saturated heterocycles.